The lowest BCUT2D eigenvalue weighted by atomic mass is 10.1. The number of carbonyl (C=O) groups is 1. The van der Waals surface area contributed by atoms with Gasteiger partial charge in [-0.1, -0.05) is 31.9 Å². The first kappa shape index (κ1) is 17.1. The van der Waals surface area contributed by atoms with Gasteiger partial charge in [0.25, 0.3) is 0 Å². The van der Waals surface area contributed by atoms with Gasteiger partial charge < -0.3 is 4.74 Å². The minimum Gasteiger partial charge on any atom is -0.446 e. The molecule has 0 heterocycles. The molecule has 17 heavy (non-hydrogen) atoms. The first-order valence-corrected chi connectivity index (χ1v) is 8.51. The van der Waals surface area contributed by atoms with Crippen LogP contribution in [0.15, 0.2) is 0 Å². The summed E-state index contributed by atoms with van der Waals surface area (Å²) in [5, 5.41) is 0.788. The van der Waals surface area contributed by atoms with Crippen molar-refractivity contribution < 1.29 is 17.9 Å². The highest BCUT2D eigenvalue weighted by Gasteiger charge is 2.29. The Labute approximate surface area is 118 Å². The molecular formula is C8H16Br2N2O4S. The predicted octanol–water partition coefficient (Wildman–Crippen LogP) is 1.50. The van der Waals surface area contributed by atoms with Crippen molar-refractivity contribution in [2.24, 2.45) is 0 Å². The summed E-state index contributed by atoms with van der Waals surface area (Å²) in [6.07, 6.45) is -1.39. The second-order valence-electron chi connectivity index (χ2n) is 3.99. The SMILES string of the molecule is CC(C)OC(=O)NS(=O)(=O)NC(C)(CBr)CBr. The van der Waals surface area contributed by atoms with E-state index in [0.29, 0.717) is 10.7 Å². The highest BCUT2D eigenvalue weighted by Crippen LogP contribution is 2.12. The largest absolute Gasteiger partial charge is 0.446 e. The molecule has 102 valence electrons. The quantitative estimate of drug-likeness (QED) is 0.667. The van der Waals surface area contributed by atoms with Crippen LogP contribution < -0.4 is 9.44 Å². The van der Waals surface area contributed by atoms with Crippen LogP contribution in [0.5, 0.6) is 0 Å². The monoisotopic (exact) mass is 394 g/mol. The van der Waals surface area contributed by atoms with Gasteiger partial charge in [0, 0.05) is 10.7 Å². The number of ether oxygens (including phenoxy) is 1. The van der Waals surface area contributed by atoms with Crippen LogP contribution in [0.3, 0.4) is 0 Å². The maximum absolute atomic E-state index is 11.6. The highest BCUT2D eigenvalue weighted by molar-refractivity contribution is 9.09. The van der Waals surface area contributed by atoms with E-state index in [1.807, 2.05) is 0 Å². The van der Waals surface area contributed by atoms with Gasteiger partial charge in [0.05, 0.1) is 11.6 Å². The average molecular weight is 396 g/mol. The summed E-state index contributed by atoms with van der Waals surface area (Å²) >= 11 is 6.38. The molecule has 0 saturated heterocycles. The molecule has 0 saturated carbocycles. The zero-order chi connectivity index (χ0) is 13.7. The molecule has 0 aromatic rings. The summed E-state index contributed by atoms with van der Waals surface area (Å²) in [6, 6.07) is 0. The highest BCUT2D eigenvalue weighted by atomic mass is 79.9. The Morgan fingerprint density at radius 1 is 1.35 bits per heavy atom. The molecule has 0 aliphatic heterocycles. The third-order valence-electron chi connectivity index (χ3n) is 1.53. The molecule has 0 fully saturated rings. The summed E-state index contributed by atoms with van der Waals surface area (Å²) in [4.78, 5) is 11.2. The first-order chi connectivity index (χ1) is 7.64. The van der Waals surface area contributed by atoms with E-state index in [1.54, 1.807) is 25.5 Å². The predicted molar refractivity (Wildman–Crippen MR) is 72.8 cm³/mol. The van der Waals surface area contributed by atoms with Crippen molar-refractivity contribution in [1.82, 2.24) is 9.44 Å². The van der Waals surface area contributed by atoms with Crippen molar-refractivity contribution in [2.45, 2.75) is 32.4 Å². The van der Waals surface area contributed by atoms with E-state index >= 15 is 0 Å². The summed E-state index contributed by atoms with van der Waals surface area (Å²) in [5.41, 5.74) is -0.732. The van der Waals surface area contributed by atoms with Crippen molar-refractivity contribution in [2.75, 3.05) is 10.7 Å². The fourth-order valence-corrected chi connectivity index (χ4v) is 3.48. The molecular weight excluding hydrogens is 380 g/mol. The van der Waals surface area contributed by atoms with E-state index in [4.69, 9.17) is 0 Å². The summed E-state index contributed by atoms with van der Waals surface area (Å²) in [7, 11) is -3.94. The third-order valence-corrected chi connectivity index (χ3v) is 5.20. The van der Waals surface area contributed by atoms with E-state index in [9.17, 15) is 13.2 Å². The van der Waals surface area contributed by atoms with Crippen molar-refractivity contribution in [3.05, 3.63) is 0 Å². The molecule has 1 amide bonds. The van der Waals surface area contributed by atoms with Crippen LogP contribution in [0.1, 0.15) is 20.8 Å². The lowest BCUT2D eigenvalue weighted by Gasteiger charge is -2.25. The maximum Gasteiger partial charge on any atom is 0.422 e. The van der Waals surface area contributed by atoms with Gasteiger partial charge in [-0.25, -0.2) is 9.52 Å². The summed E-state index contributed by atoms with van der Waals surface area (Å²) < 4.78 is 32.0. The van der Waals surface area contributed by atoms with Crippen LogP contribution in [0.2, 0.25) is 0 Å². The smallest absolute Gasteiger partial charge is 0.422 e. The van der Waals surface area contributed by atoms with Gasteiger partial charge >= 0.3 is 16.3 Å². The Bertz CT molecular complexity index is 355. The molecule has 9 heteroatoms. The van der Waals surface area contributed by atoms with Crippen LogP contribution in [0.4, 0.5) is 4.79 Å². The Morgan fingerprint density at radius 2 is 1.82 bits per heavy atom. The van der Waals surface area contributed by atoms with Gasteiger partial charge in [0.1, 0.15) is 0 Å². The van der Waals surface area contributed by atoms with E-state index in [0.717, 1.165) is 0 Å². The number of nitrogens with one attached hydrogen (secondary N) is 2. The van der Waals surface area contributed by atoms with Crippen LogP contribution in [-0.2, 0) is 14.9 Å². The molecule has 0 aliphatic rings. The topological polar surface area (TPSA) is 84.5 Å². The molecule has 2 N–H and O–H groups in total. The number of hydrogen-bond acceptors (Lipinski definition) is 4. The molecule has 0 aromatic heterocycles. The molecule has 0 atom stereocenters. The zero-order valence-electron chi connectivity index (χ0n) is 9.79. The third kappa shape index (κ3) is 7.22. The number of amides is 1. The van der Waals surface area contributed by atoms with Crippen LogP contribution >= 0.6 is 31.9 Å². The molecule has 0 radical (unpaired) electrons. The minimum atomic E-state index is -3.94. The van der Waals surface area contributed by atoms with Gasteiger partial charge in [-0.05, 0) is 20.8 Å². The maximum atomic E-state index is 11.6. The first-order valence-electron chi connectivity index (χ1n) is 4.78. The van der Waals surface area contributed by atoms with E-state index in [1.165, 1.54) is 0 Å². The number of alkyl halides is 2. The molecule has 6 nitrogen and oxygen atoms in total. The molecule has 0 rings (SSSR count). The van der Waals surface area contributed by atoms with Gasteiger partial charge in [-0.2, -0.15) is 13.1 Å². The Morgan fingerprint density at radius 3 is 2.18 bits per heavy atom. The van der Waals surface area contributed by atoms with Gasteiger partial charge in [0.2, 0.25) is 0 Å². The van der Waals surface area contributed by atoms with Crippen LogP contribution in [0.25, 0.3) is 0 Å². The number of hydrogen-bond donors (Lipinski definition) is 2. The fraction of sp³-hybridized carbons (Fsp3) is 0.875. The Hall–Kier alpha value is 0.140. The molecule has 0 spiro atoms. The van der Waals surface area contributed by atoms with Gasteiger partial charge in [-0.3, -0.25) is 0 Å². The molecule has 0 aliphatic carbocycles. The van der Waals surface area contributed by atoms with E-state index in [2.05, 4.69) is 41.3 Å². The van der Waals surface area contributed by atoms with Crippen LogP contribution in [-0.4, -0.2) is 36.8 Å². The Kier molecular flexibility index (Phi) is 6.97. The Balaban J connectivity index is 4.55. The van der Waals surface area contributed by atoms with Crippen molar-refractivity contribution in [1.29, 1.82) is 0 Å². The number of halogens is 2. The minimum absolute atomic E-state index is 0.385. The second kappa shape index (κ2) is 6.91. The van der Waals surface area contributed by atoms with Crippen LogP contribution in [0, 0.1) is 0 Å². The molecule has 0 aromatic carbocycles. The lowest BCUT2D eigenvalue weighted by molar-refractivity contribution is 0.121. The summed E-state index contributed by atoms with van der Waals surface area (Å²) in [5.74, 6) is 0. The number of carbonyl (C=O) groups excluding carboxylic acids is 1. The fourth-order valence-electron chi connectivity index (χ4n) is 0.788. The van der Waals surface area contributed by atoms with Crippen molar-refractivity contribution >= 4 is 48.2 Å². The molecule has 0 unspecified atom stereocenters. The average Bonchev–Trinajstić information content (AvgIpc) is 2.14. The standard InChI is InChI=1S/C8H16Br2N2O4S/c1-6(2)16-7(13)11-17(14,15)12-8(3,4-9)5-10/h6,12H,4-5H2,1-3H3,(H,11,13). The lowest BCUT2D eigenvalue weighted by Crippen LogP contribution is -2.54. The van der Waals surface area contributed by atoms with Crippen molar-refractivity contribution in [3.8, 4) is 0 Å². The van der Waals surface area contributed by atoms with E-state index < -0.39 is 21.8 Å². The van der Waals surface area contributed by atoms with Crippen molar-refractivity contribution in [3.63, 3.8) is 0 Å². The summed E-state index contributed by atoms with van der Waals surface area (Å²) in [6.45, 7) is 4.94. The van der Waals surface area contributed by atoms with Gasteiger partial charge in [0.15, 0.2) is 0 Å². The molecule has 0 bridgehead atoms. The van der Waals surface area contributed by atoms with Gasteiger partial charge in [-0.15, -0.1) is 0 Å². The number of rotatable bonds is 6. The zero-order valence-corrected chi connectivity index (χ0v) is 13.8. The normalized spacial score (nSPS) is 12.6. The second-order valence-corrected chi connectivity index (χ2v) is 6.53. The van der Waals surface area contributed by atoms with E-state index in [-0.39, 0.29) is 6.10 Å².